The molecule has 0 N–H and O–H groups in total. The smallest absolute Gasteiger partial charge is 0.306 e. The molecule has 2 rings (SSSR count). The van der Waals surface area contributed by atoms with Crippen molar-refractivity contribution in [3.05, 3.63) is 29.8 Å². The molecule has 1 unspecified atom stereocenters. The number of nitrogens with zero attached hydrogens (tertiary/aromatic N) is 1. The van der Waals surface area contributed by atoms with E-state index in [1.807, 2.05) is 19.1 Å². The lowest BCUT2D eigenvalue weighted by Crippen LogP contribution is -2.40. The van der Waals surface area contributed by atoms with Gasteiger partial charge in [0.25, 0.3) is 0 Å². The summed E-state index contributed by atoms with van der Waals surface area (Å²) in [5, 5.41) is 0. The number of carbonyl (C=O) groups is 1. The fraction of sp³-hybridized carbons (Fsp3) is 0.611. The van der Waals surface area contributed by atoms with Crippen LogP contribution in [-0.2, 0) is 16.1 Å². The van der Waals surface area contributed by atoms with E-state index >= 15 is 0 Å². The van der Waals surface area contributed by atoms with E-state index in [9.17, 15) is 4.79 Å². The number of carbonyl (C=O) groups excluding carboxylic acids is 1. The van der Waals surface area contributed by atoms with Crippen LogP contribution in [0.25, 0.3) is 0 Å². The van der Waals surface area contributed by atoms with Gasteiger partial charge < -0.3 is 9.47 Å². The average Bonchev–Trinajstić information content (AvgIpc) is 2.51. The summed E-state index contributed by atoms with van der Waals surface area (Å²) in [7, 11) is 1.69. The van der Waals surface area contributed by atoms with Crippen molar-refractivity contribution in [2.45, 2.75) is 45.7 Å². The van der Waals surface area contributed by atoms with Crippen LogP contribution in [0.15, 0.2) is 24.3 Å². The molecule has 1 saturated heterocycles. The normalized spacial score (nSPS) is 22.3. The Hall–Kier alpha value is -1.55. The Morgan fingerprint density at radius 1 is 1.32 bits per heavy atom. The van der Waals surface area contributed by atoms with Crippen molar-refractivity contribution in [1.82, 2.24) is 4.90 Å². The van der Waals surface area contributed by atoms with E-state index in [2.05, 4.69) is 24.0 Å². The van der Waals surface area contributed by atoms with Crippen molar-refractivity contribution in [2.75, 3.05) is 20.3 Å². The van der Waals surface area contributed by atoms with E-state index in [1.54, 1.807) is 7.11 Å². The summed E-state index contributed by atoms with van der Waals surface area (Å²) in [6.45, 7) is 6.58. The highest BCUT2D eigenvalue weighted by Gasteiger charge is 2.27. The number of hydrogen-bond acceptors (Lipinski definition) is 4. The first kappa shape index (κ1) is 16.8. The largest absolute Gasteiger partial charge is 0.497 e. The Morgan fingerprint density at radius 2 is 2.05 bits per heavy atom. The summed E-state index contributed by atoms with van der Waals surface area (Å²) < 4.78 is 10.3. The second-order valence-electron chi connectivity index (χ2n) is 6.07. The van der Waals surface area contributed by atoms with Gasteiger partial charge in [0.1, 0.15) is 5.75 Å². The zero-order valence-electron chi connectivity index (χ0n) is 13.9. The Labute approximate surface area is 133 Å². The number of hydrogen-bond donors (Lipinski definition) is 0. The van der Waals surface area contributed by atoms with Gasteiger partial charge in [0.15, 0.2) is 0 Å². The molecular formula is C18H27NO3. The van der Waals surface area contributed by atoms with Crippen LogP contribution in [0.1, 0.15) is 38.7 Å². The molecular weight excluding hydrogens is 278 g/mol. The van der Waals surface area contributed by atoms with Crippen LogP contribution in [0.2, 0.25) is 0 Å². The molecule has 4 nitrogen and oxygen atoms in total. The monoisotopic (exact) mass is 305 g/mol. The molecule has 4 heteroatoms. The van der Waals surface area contributed by atoms with E-state index in [0.29, 0.717) is 25.0 Å². The maximum atomic E-state index is 11.6. The molecule has 1 aliphatic heterocycles. The molecule has 0 spiro atoms. The highest BCUT2D eigenvalue weighted by Crippen LogP contribution is 2.27. The van der Waals surface area contributed by atoms with Crippen molar-refractivity contribution in [3.8, 4) is 5.75 Å². The first-order chi connectivity index (χ1) is 10.6. The second-order valence-corrected chi connectivity index (χ2v) is 6.07. The minimum atomic E-state index is -0.0525. The van der Waals surface area contributed by atoms with Gasteiger partial charge in [-0.1, -0.05) is 12.1 Å². The first-order valence-corrected chi connectivity index (χ1v) is 8.15. The van der Waals surface area contributed by atoms with Crippen LogP contribution in [0, 0.1) is 5.92 Å². The number of methoxy groups -OCH3 is 1. The van der Waals surface area contributed by atoms with Crippen molar-refractivity contribution in [1.29, 1.82) is 0 Å². The Balaban J connectivity index is 1.83. The molecule has 0 aliphatic carbocycles. The lowest BCUT2D eigenvalue weighted by molar-refractivity contribution is -0.144. The van der Waals surface area contributed by atoms with Crippen LogP contribution in [0.5, 0.6) is 5.75 Å². The number of esters is 1. The predicted octanol–water partition coefficient (Wildman–Crippen LogP) is 3.25. The minimum absolute atomic E-state index is 0.0525. The molecule has 0 saturated carbocycles. The van der Waals surface area contributed by atoms with E-state index in [1.165, 1.54) is 5.56 Å². The SMILES string of the molecule is CCOC(=O)CC1CCN(Cc2ccc(OC)cc2)[C@H](C)C1. The number of ether oxygens (including phenoxy) is 2. The van der Waals surface area contributed by atoms with E-state index < -0.39 is 0 Å². The zero-order valence-corrected chi connectivity index (χ0v) is 13.9. The lowest BCUT2D eigenvalue weighted by Gasteiger charge is -2.37. The highest BCUT2D eigenvalue weighted by molar-refractivity contribution is 5.69. The molecule has 1 fully saturated rings. The van der Waals surface area contributed by atoms with Crippen molar-refractivity contribution in [2.24, 2.45) is 5.92 Å². The van der Waals surface area contributed by atoms with Gasteiger partial charge in [-0.15, -0.1) is 0 Å². The third-order valence-electron chi connectivity index (χ3n) is 4.43. The van der Waals surface area contributed by atoms with Gasteiger partial charge in [-0.2, -0.15) is 0 Å². The van der Waals surface area contributed by atoms with E-state index in [0.717, 1.165) is 31.7 Å². The number of piperidine rings is 1. The quantitative estimate of drug-likeness (QED) is 0.756. The maximum absolute atomic E-state index is 11.6. The van der Waals surface area contributed by atoms with Crippen LogP contribution in [0.3, 0.4) is 0 Å². The van der Waals surface area contributed by atoms with Crippen molar-refractivity contribution < 1.29 is 14.3 Å². The maximum Gasteiger partial charge on any atom is 0.306 e. The van der Waals surface area contributed by atoms with Gasteiger partial charge in [-0.3, -0.25) is 9.69 Å². The molecule has 1 aromatic rings. The van der Waals surface area contributed by atoms with Crippen molar-refractivity contribution >= 4 is 5.97 Å². The number of likely N-dealkylation sites (tertiary alicyclic amines) is 1. The standard InChI is InChI=1S/C18H27NO3/c1-4-22-18(20)12-16-9-10-19(14(2)11-16)13-15-5-7-17(21-3)8-6-15/h5-8,14,16H,4,9-13H2,1-3H3/t14-,16?/m1/s1. The van der Waals surface area contributed by atoms with E-state index in [-0.39, 0.29) is 5.97 Å². The Bertz CT molecular complexity index is 472. The molecule has 0 aromatic heterocycles. The zero-order chi connectivity index (χ0) is 15.9. The molecule has 1 aliphatic rings. The van der Waals surface area contributed by atoms with Gasteiger partial charge in [-0.25, -0.2) is 0 Å². The van der Waals surface area contributed by atoms with Gasteiger partial charge >= 0.3 is 5.97 Å². The topological polar surface area (TPSA) is 38.8 Å². The molecule has 1 aromatic carbocycles. The molecule has 0 radical (unpaired) electrons. The molecule has 2 atom stereocenters. The summed E-state index contributed by atoms with van der Waals surface area (Å²) in [6, 6.07) is 8.75. The fourth-order valence-corrected chi connectivity index (χ4v) is 3.16. The van der Waals surface area contributed by atoms with Crippen LogP contribution in [0.4, 0.5) is 0 Å². The van der Waals surface area contributed by atoms with Gasteiger partial charge in [0, 0.05) is 19.0 Å². The first-order valence-electron chi connectivity index (χ1n) is 8.15. The van der Waals surface area contributed by atoms with Gasteiger partial charge in [0.05, 0.1) is 13.7 Å². The second kappa shape index (κ2) is 8.18. The minimum Gasteiger partial charge on any atom is -0.497 e. The third kappa shape index (κ3) is 4.73. The summed E-state index contributed by atoms with van der Waals surface area (Å²) in [5.41, 5.74) is 1.30. The van der Waals surface area contributed by atoms with Crippen LogP contribution in [-0.4, -0.2) is 37.2 Å². The average molecular weight is 305 g/mol. The predicted molar refractivity (Wildman–Crippen MR) is 86.8 cm³/mol. The fourth-order valence-electron chi connectivity index (χ4n) is 3.16. The summed E-state index contributed by atoms with van der Waals surface area (Å²) in [4.78, 5) is 14.1. The van der Waals surface area contributed by atoms with E-state index in [4.69, 9.17) is 9.47 Å². The van der Waals surface area contributed by atoms with Gasteiger partial charge in [0.2, 0.25) is 0 Å². The van der Waals surface area contributed by atoms with Crippen molar-refractivity contribution in [3.63, 3.8) is 0 Å². The lowest BCUT2D eigenvalue weighted by atomic mass is 9.89. The molecule has 22 heavy (non-hydrogen) atoms. The third-order valence-corrected chi connectivity index (χ3v) is 4.43. The summed E-state index contributed by atoms with van der Waals surface area (Å²) in [6.07, 6.45) is 2.70. The number of rotatable bonds is 6. The molecule has 0 amide bonds. The summed E-state index contributed by atoms with van der Waals surface area (Å²) in [5.74, 6) is 1.30. The number of benzene rings is 1. The van der Waals surface area contributed by atoms with Gasteiger partial charge in [-0.05, 0) is 56.8 Å². The molecule has 122 valence electrons. The Kier molecular flexibility index (Phi) is 6.25. The summed E-state index contributed by atoms with van der Waals surface area (Å²) >= 11 is 0. The Morgan fingerprint density at radius 3 is 2.64 bits per heavy atom. The van der Waals surface area contributed by atoms with Crippen LogP contribution >= 0.6 is 0 Å². The molecule has 1 heterocycles. The highest BCUT2D eigenvalue weighted by atomic mass is 16.5. The van der Waals surface area contributed by atoms with Crippen LogP contribution < -0.4 is 4.74 Å². The molecule has 0 bridgehead atoms.